The fourth-order valence-corrected chi connectivity index (χ4v) is 3.30. The molecule has 0 heterocycles. The van der Waals surface area contributed by atoms with Crippen LogP contribution in [0.2, 0.25) is 0 Å². The van der Waals surface area contributed by atoms with E-state index >= 15 is 0 Å². The Kier molecular flexibility index (Phi) is 10.1. The van der Waals surface area contributed by atoms with Crippen molar-refractivity contribution in [2.45, 2.75) is 45.1 Å². The van der Waals surface area contributed by atoms with Crippen LogP contribution in [0.1, 0.15) is 34.6 Å². The molecule has 3 N–H and O–H groups in total. The largest absolute Gasteiger partial charge is 0.496 e. The highest BCUT2D eigenvalue weighted by atomic mass is 32.2. The Bertz CT molecular complexity index is 614. The summed E-state index contributed by atoms with van der Waals surface area (Å²) in [4.78, 5) is 17.5. The van der Waals surface area contributed by atoms with E-state index in [-0.39, 0.29) is 18.0 Å². The van der Waals surface area contributed by atoms with E-state index in [0.29, 0.717) is 11.9 Å². The van der Waals surface area contributed by atoms with Crippen LogP contribution in [0, 0.1) is 5.92 Å². The number of rotatable bonds is 9. The van der Waals surface area contributed by atoms with Crippen molar-refractivity contribution in [1.82, 2.24) is 16.0 Å². The maximum absolute atomic E-state index is 11.9. The molecule has 1 rings (SSSR count). The zero-order valence-electron chi connectivity index (χ0n) is 17.4. The van der Waals surface area contributed by atoms with Gasteiger partial charge < -0.3 is 20.7 Å². The number of benzene rings is 1. The number of guanidine groups is 1. The molecule has 0 aliphatic carbocycles. The molecule has 0 aliphatic heterocycles. The van der Waals surface area contributed by atoms with Gasteiger partial charge in [0.15, 0.2) is 5.96 Å². The molecule has 0 bridgehead atoms. The molecule has 0 spiro atoms. The van der Waals surface area contributed by atoms with Crippen LogP contribution in [0.5, 0.6) is 5.75 Å². The minimum atomic E-state index is -0.247. The van der Waals surface area contributed by atoms with Gasteiger partial charge in [0.05, 0.1) is 7.11 Å². The molecule has 0 aromatic heterocycles. The Labute approximate surface area is 167 Å². The minimum Gasteiger partial charge on any atom is -0.496 e. The number of para-hydroxylation sites is 1. The van der Waals surface area contributed by atoms with Crippen molar-refractivity contribution in [3.63, 3.8) is 0 Å². The van der Waals surface area contributed by atoms with Gasteiger partial charge in [0, 0.05) is 29.3 Å². The van der Waals surface area contributed by atoms with Gasteiger partial charge in [0.25, 0.3) is 0 Å². The number of carbonyl (C=O) groups excluding carboxylic acids is 1. The van der Waals surface area contributed by atoms with Crippen LogP contribution in [-0.2, 0) is 4.79 Å². The number of methoxy groups -OCH3 is 1. The molecule has 6 nitrogen and oxygen atoms in total. The van der Waals surface area contributed by atoms with Gasteiger partial charge in [-0.1, -0.05) is 19.1 Å². The average molecular weight is 395 g/mol. The van der Waals surface area contributed by atoms with E-state index in [0.717, 1.165) is 29.5 Å². The summed E-state index contributed by atoms with van der Waals surface area (Å²) in [6.45, 7) is 11.7. The van der Waals surface area contributed by atoms with Crippen molar-refractivity contribution in [2.75, 3.05) is 32.5 Å². The third kappa shape index (κ3) is 10.1. The van der Waals surface area contributed by atoms with Crippen molar-refractivity contribution in [2.24, 2.45) is 10.9 Å². The van der Waals surface area contributed by atoms with E-state index in [4.69, 9.17) is 4.74 Å². The lowest BCUT2D eigenvalue weighted by atomic mass is 10.1. The second-order valence-electron chi connectivity index (χ2n) is 7.44. The highest BCUT2D eigenvalue weighted by Crippen LogP contribution is 2.29. The summed E-state index contributed by atoms with van der Waals surface area (Å²) in [6.07, 6.45) is 0. The third-order valence-corrected chi connectivity index (χ3v) is 4.83. The fourth-order valence-electron chi connectivity index (χ4n) is 2.25. The van der Waals surface area contributed by atoms with E-state index < -0.39 is 0 Å². The molecule has 0 fully saturated rings. The molecule has 0 saturated heterocycles. The lowest BCUT2D eigenvalue weighted by Crippen LogP contribution is -2.43. The van der Waals surface area contributed by atoms with Crippen molar-refractivity contribution in [1.29, 1.82) is 0 Å². The van der Waals surface area contributed by atoms with E-state index in [1.165, 1.54) is 0 Å². The summed E-state index contributed by atoms with van der Waals surface area (Å²) in [5.41, 5.74) is -0.247. The number of carbonyl (C=O) groups is 1. The molecule has 1 aromatic rings. The summed E-state index contributed by atoms with van der Waals surface area (Å²) in [7, 11) is 1.69. The van der Waals surface area contributed by atoms with E-state index in [1.54, 1.807) is 18.9 Å². The predicted molar refractivity (Wildman–Crippen MR) is 115 cm³/mol. The van der Waals surface area contributed by atoms with Crippen molar-refractivity contribution < 1.29 is 9.53 Å². The molecule has 1 unspecified atom stereocenters. The molecule has 0 radical (unpaired) electrons. The van der Waals surface area contributed by atoms with Gasteiger partial charge in [-0.15, -0.1) is 11.8 Å². The van der Waals surface area contributed by atoms with Crippen LogP contribution in [0.4, 0.5) is 0 Å². The Morgan fingerprint density at radius 1 is 1.26 bits per heavy atom. The van der Waals surface area contributed by atoms with E-state index in [1.807, 2.05) is 45.9 Å². The molecule has 152 valence electrons. The number of nitrogens with zero attached hydrogens (tertiary/aromatic N) is 1. The maximum Gasteiger partial charge on any atom is 0.242 e. The van der Waals surface area contributed by atoms with Crippen LogP contribution in [0.3, 0.4) is 0 Å². The van der Waals surface area contributed by atoms with Gasteiger partial charge in [0.1, 0.15) is 12.3 Å². The predicted octanol–water partition coefficient (Wildman–Crippen LogP) is 2.89. The van der Waals surface area contributed by atoms with Crippen LogP contribution in [0.25, 0.3) is 0 Å². The quantitative estimate of drug-likeness (QED) is 0.341. The lowest BCUT2D eigenvalue weighted by Gasteiger charge is -2.20. The zero-order valence-corrected chi connectivity index (χ0v) is 18.2. The number of nitrogens with one attached hydrogen (secondary N) is 3. The third-order valence-electron chi connectivity index (χ3n) is 3.45. The van der Waals surface area contributed by atoms with Crippen molar-refractivity contribution >= 4 is 23.6 Å². The average Bonchev–Trinajstić information content (AvgIpc) is 2.61. The van der Waals surface area contributed by atoms with Crippen molar-refractivity contribution in [3.8, 4) is 5.75 Å². The first-order valence-electron chi connectivity index (χ1n) is 9.34. The van der Waals surface area contributed by atoms with Crippen LogP contribution >= 0.6 is 11.8 Å². The summed E-state index contributed by atoms with van der Waals surface area (Å²) in [6, 6.07) is 8.04. The Balaban J connectivity index is 2.48. The van der Waals surface area contributed by atoms with Gasteiger partial charge in [-0.25, -0.2) is 4.99 Å². The highest BCUT2D eigenvalue weighted by molar-refractivity contribution is 7.99. The summed E-state index contributed by atoms with van der Waals surface area (Å²) in [5, 5.41) is 9.41. The molecule has 0 aliphatic rings. The molecule has 1 amide bonds. The normalized spacial score (nSPS) is 13.0. The number of aliphatic imine (C=N–C) groups is 1. The second-order valence-corrected chi connectivity index (χ2v) is 8.50. The van der Waals surface area contributed by atoms with E-state index in [9.17, 15) is 4.79 Å². The Morgan fingerprint density at radius 2 is 1.96 bits per heavy atom. The monoisotopic (exact) mass is 394 g/mol. The molecular formula is C20H34N4O2S. The molecular weight excluding hydrogens is 360 g/mol. The Hall–Kier alpha value is -1.89. The molecule has 27 heavy (non-hydrogen) atoms. The lowest BCUT2D eigenvalue weighted by molar-refractivity contribution is -0.121. The smallest absolute Gasteiger partial charge is 0.242 e. The first kappa shape index (κ1) is 23.1. The summed E-state index contributed by atoms with van der Waals surface area (Å²) >= 11 is 1.78. The maximum atomic E-state index is 11.9. The zero-order chi connectivity index (χ0) is 20.3. The second kappa shape index (κ2) is 11.7. The van der Waals surface area contributed by atoms with Gasteiger partial charge in [0.2, 0.25) is 5.91 Å². The van der Waals surface area contributed by atoms with Crippen molar-refractivity contribution in [3.05, 3.63) is 24.3 Å². The number of amides is 1. The molecule has 0 saturated carbocycles. The first-order valence-corrected chi connectivity index (χ1v) is 10.3. The molecule has 1 atom stereocenters. The highest BCUT2D eigenvalue weighted by Gasteiger charge is 2.13. The SMILES string of the molecule is CCNC(=NCC(=O)NC(C)(C)C)NCC(C)CSc1ccccc1OC. The Morgan fingerprint density at radius 3 is 2.59 bits per heavy atom. The van der Waals surface area contributed by atoms with Crippen LogP contribution in [-0.4, -0.2) is 49.9 Å². The minimum absolute atomic E-state index is 0.0838. The van der Waals surface area contributed by atoms with Gasteiger partial charge in [-0.3, -0.25) is 4.79 Å². The van der Waals surface area contributed by atoms with E-state index in [2.05, 4.69) is 33.9 Å². The standard InChI is InChI=1S/C20H34N4O2S/c1-7-21-19(23-13-18(25)24-20(3,4)5)22-12-15(2)14-27-17-11-9-8-10-16(17)26-6/h8-11,15H,7,12-14H2,1-6H3,(H,24,25)(H2,21,22,23). The summed E-state index contributed by atoms with van der Waals surface area (Å²) in [5.74, 6) is 2.86. The first-order chi connectivity index (χ1) is 12.7. The van der Waals surface area contributed by atoms with Gasteiger partial charge in [-0.05, 0) is 45.7 Å². The van der Waals surface area contributed by atoms with Gasteiger partial charge in [-0.2, -0.15) is 0 Å². The fraction of sp³-hybridized carbons (Fsp3) is 0.600. The number of hydrogen-bond donors (Lipinski definition) is 3. The topological polar surface area (TPSA) is 74.8 Å². The van der Waals surface area contributed by atoms with Crippen LogP contribution < -0.4 is 20.7 Å². The molecule has 7 heteroatoms. The summed E-state index contributed by atoms with van der Waals surface area (Å²) < 4.78 is 5.39. The molecule has 1 aromatic carbocycles. The van der Waals surface area contributed by atoms with Crippen LogP contribution in [0.15, 0.2) is 34.2 Å². The number of hydrogen-bond acceptors (Lipinski definition) is 4. The number of thioether (sulfide) groups is 1. The van der Waals surface area contributed by atoms with Gasteiger partial charge >= 0.3 is 0 Å². The number of ether oxygens (including phenoxy) is 1.